The van der Waals surface area contributed by atoms with E-state index in [1.54, 1.807) is 6.08 Å². The molecule has 0 aliphatic rings. The monoisotopic (exact) mass is 1050 g/mol. The number of amides is 1. The molecule has 3 atom stereocenters. The van der Waals surface area contributed by atoms with E-state index < -0.39 is 20.0 Å². The lowest BCUT2D eigenvalue weighted by molar-refractivity contribution is -0.870. The van der Waals surface area contributed by atoms with Gasteiger partial charge in [-0.1, -0.05) is 307 Å². The minimum atomic E-state index is -4.35. The van der Waals surface area contributed by atoms with Crippen molar-refractivity contribution in [3.05, 3.63) is 36.5 Å². The second-order valence-electron chi connectivity index (χ2n) is 23.1. The molecule has 3 unspecified atom stereocenters. The SMILES string of the molecule is CCCC/C=C/CC/C=C/CC/C=C/C(O)C(COP(=O)(O)OCC[N+](C)(C)C)NC(=O)CCCCCCCCCCCCCCCCCCCCCCCCCCCCCCCCCCCCCCCCC. The summed E-state index contributed by atoms with van der Waals surface area (Å²) in [6, 6.07) is -0.867. The summed E-state index contributed by atoms with van der Waals surface area (Å²) < 4.78 is 23.6. The van der Waals surface area contributed by atoms with Crippen LogP contribution in [0.25, 0.3) is 0 Å². The van der Waals surface area contributed by atoms with Crippen molar-refractivity contribution >= 4 is 13.7 Å². The van der Waals surface area contributed by atoms with Gasteiger partial charge in [0.15, 0.2) is 0 Å². The average molecular weight is 1050 g/mol. The first-order chi connectivity index (χ1) is 35.5. The van der Waals surface area contributed by atoms with E-state index in [9.17, 15) is 19.4 Å². The quantitative estimate of drug-likeness (QED) is 0.0243. The maximum atomic E-state index is 12.9. The highest BCUT2D eigenvalue weighted by Gasteiger charge is 2.27. The number of carbonyl (C=O) groups is 1. The molecule has 0 aromatic rings. The fraction of sp³-hybridized carbons (Fsp3) is 0.891. The number of hydrogen-bond donors (Lipinski definition) is 3. The van der Waals surface area contributed by atoms with Gasteiger partial charge >= 0.3 is 7.82 Å². The molecule has 3 N–H and O–H groups in total. The van der Waals surface area contributed by atoms with E-state index in [0.29, 0.717) is 17.4 Å². The Morgan fingerprint density at radius 2 is 0.753 bits per heavy atom. The zero-order valence-corrected chi connectivity index (χ0v) is 50.3. The molecule has 0 bridgehead atoms. The number of aliphatic hydroxyl groups is 1. The molecular weight excluding hydrogens is 924 g/mol. The van der Waals surface area contributed by atoms with Gasteiger partial charge in [-0.25, -0.2) is 4.57 Å². The van der Waals surface area contributed by atoms with Crippen molar-refractivity contribution in [2.75, 3.05) is 40.9 Å². The van der Waals surface area contributed by atoms with E-state index in [2.05, 4.69) is 43.5 Å². The Labute approximate surface area is 455 Å². The van der Waals surface area contributed by atoms with Gasteiger partial charge < -0.3 is 19.8 Å². The van der Waals surface area contributed by atoms with Crippen LogP contribution in [0.5, 0.6) is 0 Å². The summed E-state index contributed by atoms with van der Waals surface area (Å²) in [5, 5.41) is 13.9. The molecule has 0 aromatic carbocycles. The first-order valence-corrected chi connectivity index (χ1v) is 33.4. The number of nitrogens with one attached hydrogen (secondary N) is 1. The molecule has 0 saturated heterocycles. The number of unbranched alkanes of at least 4 members (excludes halogenated alkanes) is 42. The summed E-state index contributed by atoms with van der Waals surface area (Å²) in [6.45, 7) is 4.77. The van der Waals surface area contributed by atoms with Crippen molar-refractivity contribution in [3.63, 3.8) is 0 Å². The number of hydrogen-bond acceptors (Lipinski definition) is 5. The zero-order chi connectivity index (χ0) is 53.5. The molecular formula is C64H126N2O6P+. The standard InChI is InChI=1S/C64H125N2O6P/c1-6-8-10-12-14-16-18-20-21-22-23-24-25-26-27-28-29-30-31-32-33-34-35-36-37-38-39-40-41-42-43-44-45-46-48-50-52-54-56-58-64(68)65-62(61-72-73(69,70)71-60-59-66(3,4)5)63(67)57-55-53-51-49-47-19-17-15-13-11-9-7-2/h13,15,47,49,55,57,62-63,67H,6-12,14,16-46,48,50-54,56,58-61H2,1-5H3,(H-,65,68,69,70)/p+1/b15-13+,49-47+,57-55+. The van der Waals surface area contributed by atoms with Crippen molar-refractivity contribution < 1.29 is 32.9 Å². The largest absolute Gasteiger partial charge is 0.472 e. The summed E-state index contributed by atoms with van der Waals surface area (Å²) in [5.74, 6) is -0.187. The van der Waals surface area contributed by atoms with Crippen molar-refractivity contribution in [2.45, 2.75) is 328 Å². The second kappa shape index (κ2) is 55.5. The Bertz CT molecular complexity index is 1280. The molecule has 0 heterocycles. The molecule has 0 radical (unpaired) electrons. The first-order valence-electron chi connectivity index (χ1n) is 31.9. The predicted octanol–water partition coefficient (Wildman–Crippen LogP) is 19.7. The van der Waals surface area contributed by atoms with E-state index >= 15 is 0 Å². The van der Waals surface area contributed by atoms with Crippen LogP contribution in [0.2, 0.25) is 0 Å². The fourth-order valence-corrected chi connectivity index (χ4v) is 10.3. The van der Waals surface area contributed by atoms with Crippen LogP contribution in [0.1, 0.15) is 316 Å². The number of quaternary nitrogens is 1. The van der Waals surface area contributed by atoms with E-state index in [-0.39, 0.29) is 19.1 Å². The molecule has 73 heavy (non-hydrogen) atoms. The van der Waals surface area contributed by atoms with Crippen LogP contribution >= 0.6 is 7.82 Å². The Hall–Kier alpha value is -1.28. The minimum absolute atomic E-state index is 0.0548. The van der Waals surface area contributed by atoms with Crippen LogP contribution in [0.3, 0.4) is 0 Å². The van der Waals surface area contributed by atoms with E-state index in [4.69, 9.17) is 9.05 Å². The van der Waals surface area contributed by atoms with Crippen LogP contribution in [0, 0.1) is 0 Å². The summed E-state index contributed by atoms with van der Waals surface area (Å²) in [4.78, 5) is 23.2. The molecule has 432 valence electrons. The molecule has 1 amide bonds. The highest BCUT2D eigenvalue weighted by molar-refractivity contribution is 7.47. The third kappa shape index (κ3) is 58.2. The van der Waals surface area contributed by atoms with Crippen LogP contribution in [0.15, 0.2) is 36.5 Å². The highest BCUT2D eigenvalue weighted by atomic mass is 31.2. The maximum Gasteiger partial charge on any atom is 0.472 e. The maximum absolute atomic E-state index is 12.9. The molecule has 9 heteroatoms. The number of phosphoric ester groups is 1. The number of phosphoric acid groups is 1. The third-order valence-electron chi connectivity index (χ3n) is 14.6. The van der Waals surface area contributed by atoms with Crippen LogP contribution in [-0.2, 0) is 18.4 Å². The van der Waals surface area contributed by atoms with Crippen LogP contribution in [-0.4, -0.2) is 73.4 Å². The van der Waals surface area contributed by atoms with Gasteiger partial charge in [0.25, 0.3) is 0 Å². The summed E-state index contributed by atoms with van der Waals surface area (Å²) >= 11 is 0. The topological polar surface area (TPSA) is 105 Å². The van der Waals surface area contributed by atoms with Crippen molar-refractivity contribution in [1.82, 2.24) is 5.32 Å². The van der Waals surface area contributed by atoms with Crippen LogP contribution < -0.4 is 5.32 Å². The lowest BCUT2D eigenvalue weighted by atomic mass is 10.0. The fourth-order valence-electron chi connectivity index (χ4n) is 9.59. The van der Waals surface area contributed by atoms with E-state index in [1.165, 1.54) is 244 Å². The summed E-state index contributed by atoms with van der Waals surface area (Å²) in [7, 11) is 1.55. The zero-order valence-electron chi connectivity index (χ0n) is 49.4. The molecule has 0 rings (SSSR count). The molecule has 0 spiro atoms. The normalized spacial score (nSPS) is 14.0. The van der Waals surface area contributed by atoms with Gasteiger partial charge in [0.05, 0.1) is 39.9 Å². The van der Waals surface area contributed by atoms with Gasteiger partial charge in [0, 0.05) is 6.42 Å². The van der Waals surface area contributed by atoms with Crippen molar-refractivity contribution in [3.8, 4) is 0 Å². The Morgan fingerprint density at radius 1 is 0.452 bits per heavy atom. The highest BCUT2D eigenvalue weighted by Crippen LogP contribution is 2.43. The molecule has 0 aliphatic carbocycles. The smallest absolute Gasteiger partial charge is 0.387 e. The van der Waals surface area contributed by atoms with Gasteiger partial charge in [-0.05, 0) is 38.5 Å². The van der Waals surface area contributed by atoms with Crippen molar-refractivity contribution in [1.29, 1.82) is 0 Å². The van der Waals surface area contributed by atoms with Gasteiger partial charge in [-0.15, -0.1) is 0 Å². The average Bonchev–Trinajstić information content (AvgIpc) is 3.35. The molecule has 0 fully saturated rings. The lowest BCUT2D eigenvalue weighted by Crippen LogP contribution is -2.45. The van der Waals surface area contributed by atoms with E-state index in [1.807, 2.05) is 27.2 Å². The number of aliphatic hydroxyl groups excluding tert-OH is 1. The number of rotatable bonds is 59. The Balaban J connectivity index is 3.83. The van der Waals surface area contributed by atoms with Crippen molar-refractivity contribution in [2.24, 2.45) is 0 Å². The number of nitrogens with zero attached hydrogens (tertiary/aromatic N) is 1. The Morgan fingerprint density at radius 3 is 1.08 bits per heavy atom. The van der Waals surface area contributed by atoms with Gasteiger partial charge in [0.1, 0.15) is 13.2 Å². The predicted molar refractivity (Wildman–Crippen MR) is 318 cm³/mol. The van der Waals surface area contributed by atoms with Crippen LogP contribution in [0.4, 0.5) is 0 Å². The molecule has 0 aromatic heterocycles. The number of carbonyl (C=O) groups excluding carboxylic acids is 1. The first kappa shape index (κ1) is 71.7. The third-order valence-corrected chi connectivity index (χ3v) is 15.6. The number of allylic oxidation sites excluding steroid dienone is 5. The molecule has 0 saturated carbocycles. The molecule has 8 nitrogen and oxygen atoms in total. The lowest BCUT2D eigenvalue weighted by Gasteiger charge is -2.25. The molecule has 0 aliphatic heterocycles. The minimum Gasteiger partial charge on any atom is -0.387 e. The van der Waals surface area contributed by atoms with Gasteiger partial charge in [0.2, 0.25) is 5.91 Å². The number of likely N-dealkylation sites (N-methyl/N-ethyl adjacent to an activating group) is 1. The Kier molecular flexibility index (Phi) is 54.5. The summed E-state index contributed by atoms with van der Waals surface area (Å²) in [6.07, 6.45) is 73.2. The van der Waals surface area contributed by atoms with Gasteiger partial charge in [-0.2, -0.15) is 0 Å². The summed E-state index contributed by atoms with van der Waals surface area (Å²) in [5.41, 5.74) is 0. The second-order valence-corrected chi connectivity index (χ2v) is 24.6. The van der Waals surface area contributed by atoms with E-state index in [0.717, 1.165) is 51.4 Å². The van der Waals surface area contributed by atoms with Gasteiger partial charge in [-0.3, -0.25) is 13.8 Å².